The van der Waals surface area contributed by atoms with E-state index in [0.717, 1.165) is 62.9 Å². The minimum Gasteiger partial charge on any atom is -0.369 e. The highest BCUT2D eigenvalue weighted by Gasteiger charge is 2.39. The fraction of sp³-hybridized carbons (Fsp3) is 0.469. The number of piperidine rings is 1. The molecule has 1 saturated carbocycles. The second-order valence-electron chi connectivity index (χ2n) is 12.4. The topological polar surface area (TPSA) is 114 Å². The van der Waals surface area contributed by atoms with Gasteiger partial charge in [-0.2, -0.15) is 9.67 Å². The van der Waals surface area contributed by atoms with Crippen molar-refractivity contribution in [2.24, 2.45) is 0 Å². The zero-order valence-electron chi connectivity index (χ0n) is 24.3. The molecule has 3 aromatic heterocycles. The number of nitrogens with one attached hydrogen (secondary N) is 1. The van der Waals surface area contributed by atoms with E-state index in [0.29, 0.717) is 41.0 Å². The molecule has 4 aromatic rings. The molecule has 2 bridgehead atoms. The molecule has 0 amide bonds. The Morgan fingerprint density at radius 3 is 2.28 bits per heavy atom. The molecule has 0 radical (unpaired) electrons. The lowest BCUT2D eigenvalue weighted by atomic mass is 9.66. The molecule has 3 N–H and O–H groups in total. The first kappa shape index (κ1) is 26.5. The Labute approximate surface area is 250 Å². The van der Waals surface area contributed by atoms with Crippen molar-refractivity contribution in [1.82, 2.24) is 34.8 Å². The molecule has 5 heterocycles. The van der Waals surface area contributed by atoms with Gasteiger partial charge in [-0.1, -0.05) is 0 Å². The van der Waals surface area contributed by atoms with E-state index in [9.17, 15) is 0 Å². The molecule has 0 unspecified atom stereocenters. The molecule has 0 atom stereocenters. The van der Waals surface area contributed by atoms with Gasteiger partial charge in [0.2, 0.25) is 11.9 Å². The fourth-order valence-corrected chi connectivity index (χ4v) is 7.90. The van der Waals surface area contributed by atoms with Gasteiger partial charge < -0.3 is 20.9 Å². The van der Waals surface area contributed by atoms with Crippen LogP contribution in [-0.4, -0.2) is 67.1 Å². The van der Waals surface area contributed by atoms with Crippen LogP contribution in [-0.2, 0) is 0 Å². The number of halogens is 1. The van der Waals surface area contributed by atoms with Crippen molar-refractivity contribution in [2.45, 2.75) is 69.2 Å². The SMILES string of the molecule is Nc1nc(Nc2ccc(N3CCC(N4CCCC4)CC3)c(F)c2)nn1-c1nnc(-c2ccncc2)c2c1C1CCC2CC1. The number of aromatic nitrogens is 6. The van der Waals surface area contributed by atoms with Crippen molar-refractivity contribution in [1.29, 1.82) is 0 Å². The van der Waals surface area contributed by atoms with Crippen molar-refractivity contribution in [3.8, 4) is 17.1 Å². The number of fused-ring (bicyclic) bond motifs is 2. The second-order valence-corrected chi connectivity index (χ2v) is 12.4. The summed E-state index contributed by atoms with van der Waals surface area (Å²) in [5.41, 5.74) is 12.0. The van der Waals surface area contributed by atoms with Crippen LogP contribution in [0, 0.1) is 5.82 Å². The molecule has 43 heavy (non-hydrogen) atoms. The Balaban J connectivity index is 1.04. The molecule has 11 heteroatoms. The van der Waals surface area contributed by atoms with Crippen molar-refractivity contribution < 1.29 is 4.39 Å². The predicted octanol–water partition coefficient (Wildman–Crippen LogP) is 5.40. The number of benzene rings is 1. The molecular weight excluding hydrogens is 543 g/mol. The van der Waals surface area contributed by atoms with Gasteiger partial charge in [-0.05, 0) is 112 Å². The maximum atomic E-state index is 15.4. The zero-order valence-corrected chi connectivity index (χ0v) is 24.3. The summed E-state index contributed by atoms with van der Waals surface area (Å²) in [5.74, 6) is 1.72. The lowest BCUT2D eigenvalue weighted by Crippen LogP contribution is -2.44. The van der Waals surface area contributed by atoms with E-state index in [1.54, 1.807) is 17.1 Å². The van der Waals surface area contributed by atoms with Crippen LogP contribution in [0.3, 0.4) is 0 Å². The van der Waals surface area contributed by atoms with Gasteiger partial charge in [0.15, 0.2) is 5.82 Å². The van der Waals surface area contributed by atoms with Crippen molar-refractivity contribution in [3.05, 3.63) is 59.7 Å². The summed E-state index contributed by atoms with van der Waals surface area (Å²) in [5, 5.41) is 17.2. The van der Waals surface area contributed by atoms with E-state index in [1.165, 1.54) is 43.1 Å². The quantitative estimate of drug-likeness (QED) is 0.309. The first-order valence-electron chi connectivity index (χ1n) is 15.7. The maximum Gasteiger partial charge on any atom is 0.248 e. The van der Waals surface area contributed by atoms with Crippen LogP contribution in [0.15, 0.2) is 42.7 Å². The number of likely N-dealkylation sites (tertiary alicyclic amines) is 1. The Bertz CT molecular complexity index is 1620. The number of nitrogens with two attached hydrogens (primary N) is 1. The van der Waals surface area contributed by atoms with Gasteiger partial charge in [-0.25, -0.2) is 4.39 Å². The number of hydrogen-bond donors (Lipinski definition) is 2. The van der Waals surface area contributed by atoms with Crippen LogP contribution in [0.5, 0.6) is 0 Å². The van der Waals surface area contributed by atoms with Crippen molar-refractivity contribution in [3.63, 3.8) is 0 Å². The van der Waals surface area contributed by atoms with Crippen molar-refractivity contribution in [2.75, 3.05) is 42.1 Å². The minimum atomic E-state index is -0.250. The van der Waals surface area contributed by atoms with Crippen LogP contribution in [0.2, 0.25) is 0 Å². The first-order valence-corrected chi connectivity index (χ1v) is 15.7. The van der Waals surface area contributed by atoms with Gasteiger partial charge in [0.05, 0.1) is 11.4 Å². The smallest absolute Gasteiger partial charge is 0.248 e. The number of hydrogen-bond acceptors (Lipinski definition) is 9. The molecule has 3 fully saturated rings. The molecule has 10 nitrogen and oxygen atoms in total. The first-order chi connectivity index (χ1) is 21.1. The lowest BCUT2D eigenvalue weighted by molar-refractivity contribution is 0.207. The molecule has 9 rings (SSSR count). The van der Waals surface area contributed by atoms with Gasteiger partial charge in [0.1, 0.15) is 5.82 Å². The summed E-state index contributed by atoms with van der Waals surface area (Å²) < 4.78 is 16.9. The molecule has 0 spiro atoms. The van der Waals surface area contributed by atoms with E-state index in [4.69, 9.17) is 5.73 Å². The highest BCUT2D eigenvalue weighted by Crippen LogP contribution is 2.53. The third-order valence-corrected chi connectivity index (χ3v) is 10.0. The minimum absolute atomic E-state index is 0.218. The number of nitrogen functional groups attached to an aromatic ring is 1. The van der Waals surface area contributed by atoms with Crippen LogP contribution >= 0.6 is 0 Å². The number of anilines is 4. The summed E-state index contributed by atoms with van der Waals surface area (Å²) >= 11 is 0. The van der Waals surface area contributed by atoms with Gasteiger partial charge in [-0.3, -0.25) is 4.98 Å². The van der Waals surface area contributed by atoms with Crippen LogP contribution in [0.1, 0.15) is 74.3 Å². The summed E-state index contributed by atoms with van der Waals surface area (Å²) in [7, 11) is 0. The Morgan fingerprint density at radius 2 is 1.56 bits per heavy atom. The summed E-state index contributed by atoms with van der Waals surface area (Å²) in [6.07, 6.45) is 12.9. The summed E-state index contributed by atoms with van der Waals surface area (Å²) in [6.45, 7) is 4.17. The second kappa shape index (κ2) is 10.9. The number of pyridine rings is 1. The van der Waals surface area contributed by atoms with Crippen LogP contribution in [0.4, 0.5) is 27.7 Å². The molecule has 3 aliphatic carbocycles. The summed E-state index contributed by atoms with van der Waals surface area (Å²) in [4.78, 5) is 13.4. The largest absolute Gasteiger partial charge is 0.369 e. The average Bonchev–Trinajstić information content (AvgIpc) is 3.72. The van der Waals surface area contributed by atoms with Crippen LogP contribution in [0.25, 0.3) is 17.1 Å². The normalized spacial score (nSPS) is 22.2. The van der Waals surface area contributed by atoms with Crippen molar-refractivity contribution >= 4 is 23.3 Å². The van der Waals surface area contributed by atoms with Gasteiger partial charge >= 0.3 is 0 Å². The van der Waals surface area contributed by atoms with E-state index in [2.05, 4.69) is 40.4 Å². The third kappa shape index (κ3) is 4.79. The number of rotatable bonds is 6. The fourth-order valence-electron chi connectivity index (χ4n) is 7.90. The highest BCUT2D eigenvalue weighted by molar-refractivity contribution is 5.68. The average molecular weight is 581 g/mol. The van der Waals surface area contributed by atoms with E-state index in [-0.39, 0.29) is 11.8 Å². The van der Waals surface area contributed by atoms with E-state index >= 15 is 4.39 Å². The van der Waals surface area contributed by atoms with Gasteiger partial charge in [-0.15, -0.1) is 15.3 Å². The highest BCUT2D eigenvalue weighted by atomic mass is 19.1. The van der Waals surface area contributed by atoms with E-state index < -0.39 is 0 Å². The lowest BCUT2D eigenvalue weighted by Gasteiger charge is -2.39. The van der Waals surface area contributed by atoms with Gasteiger partial charge in [0, 0.05) is 48.3 Å². The maximum absolute atomic E-state index is 15.4. The predicted molar refractivity (Wildman–Crippen MR) is 164 cm³/mol. The molecule has 5 aliphatic rings. The molecule has 1 aromatic carbocycles. The Kier molecular flexibility index (Phi) is 6.69. The molecule has 2 saturated heterocycles. The molecule has 2 aliphatic heterocycles. The standard InChI is InChI=1S/C32H37FN10/c33-25-19-23(7-8-26(25)42-17-11-24(12-18-42)41-15-1-2-16-41)36-32-37-31(34)43(40-32)30-28-21-5-3-20(4-6-21)27(28)29(38-39-30)22-9-13-35-14-10-22/h7-10,13-14,19-21,24H,1-6,11-12,15-18H2,(H3,34,36,37,40). The molecular formula is C32H37FN10. The monoisotopic (exact) mass is 580 g/mol. The van der Waals surface area contributed by atoms with E-state index in [1.807, 2.05) is 24.3 Å². The van der Waals surface area contributed by atoms with Gasteiger partial charge in [0.25, 0.3) is 0 Å². The Morgan fingerprint density at radius 1 is 0.837 bits per heavy atom. The Hall–Kier alpha value is -4.12. The molecule has 222 valence electrons. The zero-order chi connectivity index (χ0) is 28.9. The number of nitrogens with zero attached hydrogens (tertiary/aromatic N) is 8. The summed E-state index contributed by atoms with van der Waals surface area (Å²) in [6, 6.07) is 9.85. The third-order valence-electron chi connectivity index (χ3n) is 10.0. The van der Waals surface area contributed by atoms with Crippen LogP contribution < -0.4 is 16.0 Å².